The van der Waals surface area contributed by atoms with Crippen LogP contribution in [0, 0.1) is 20.2 Å². The van der Waals surface area contributed by atoms with Crippen LogP contribution in [0.5, 0.6) is 11.5 Å². The average Bonchev–Trinajstić information content (AvgIpc) is 2.85. The first-order chi connectivity index (χ1) is 17.2. The van der Waals surface area contributed by atoms with E-state index in [9.17, 15) is 40.0 Å². The highest BCUT2D eigenvalue weighted by molar-refractivity contribution is 5.97. The molecule has 0 atom stereocenters. The van der Waals surface area contributed by atoms with Gasteiger partial charge in [0.25, 0.3) is 23.2 Å². The number of hydrogen-bond acceptors (Lipinski definition) is 11. The molecule has 36 heavy (non-hydrogen) atoms. The second kappa shape index (κ2) is 10.9. The summed E-state index contributed by atoms with van der Waals surface area (Å²) in [6.07, 6.45) is 1.99. The Kier molecular flexibility index (Phi) is 7.56. The van der Waals surface area contributed by atoms with E-state index in [0.29, 0.717) is 0 Å². The van der Waals surface area contributed by atoms with Crippen molar-refractivity contribution in [2.45, 2.75) is 0 Å². The van der Waals surface area contributed by atoms with Crippen LogP contribution in [0.4, 0.5) is 11.4 Å². The van der Waals surface area contributed by atoms with Gasteiger partial charge in [0.15, 0.2) is 0 Å². The van der Waals surface area contributed by atoms with Gasteiger partial charge in [0.1, 0.15) is 22.9 Å². The van der Waals surface area contributed by atoms with Gasteiger partial charge in [0, 0.05) is 35.4 Å². The number of hydrogen-bond donors (Lipinski definition) is 4. The Morgan fingerprint density at radius 1 is 0.778 bits per heavy atom. The minimum absolute atomic E-state index is 0.0155. The number of pyridine rings is 1. The van der Waals surface area contributed by atoms with Crippen molar-refractivity contribution in [2.75, 3.05) is 0 Å². The van der Waals surface area contributed by atoms with E-state index < -0.39 is 21.7 Å². The van der Waals surface area contributed by atoms with Crippen LogP contribution in [0.25, 0.3) is 0 Å². The zero-order valence-electron chi connectivity index (χ0n) is 17.9. The number of non-ortho nitro benzene ring substituents is 2. The summed E-state index contributed by atoms with van der Waals surface area (Å²) >= 11 is 0. The lowest BCUT2D eigenvalue weighted by Gasteiger charge is -2.03. The Hall–Kier alpha value is -5.73. The molecule has 2 amide bonds. The number of rotatable bonds is 8. The standard InChI is InChI=1S/C21H15N7O8/c29-18-6-4-14(27(33)34)8-12(18)10-22-25-20(31)16-2-1-3-17(24-16)21(32)26-23-11-13-9-15(28(35)36)5-7-19(13)30/h1-11,29-30H,(H,25,31)(H,26,32). The van der Waals surface area contributed by atoms with Gasteiger partial charge in [0.05, 0.1) is 22.3 Å². The van der Waals surface area contributed by atoms with Gasteiger partial charge in [-0.3, -0.25) is 29.8 Å². The van der Waals surface area contributed by atoms with E-state index in [2.05, 4.69) is 26.0 Å². The highest BCUT2D eigenvalue weighted by Crippen LogP contribution is 2.22. The number of benzene rings is 2. The van der Waals surface area contributed by atoms with Crippen molar-refractivity contribution in [3.8, 4) is 11.5 Å². The lowest BCUT2D eigenvalue weighted by Crippen LogP contribution is -2.23. The highest BCUT2D eigenvalue weighted by Gasteiger charge is 2.13. The predicted molar refractivity (Wildman–Crippen MR) is 124 cm³/mol. The van der Waals surface area contributed by atoms with Crippen LogP contribution in [0.2, 0.25) is 0 Å². The first-order valence-corrected chi connectivity index (χ1v) is 9.74. The van der Waals surface area contributed by atoms with E-state index in [1.165, 1.54) is 18.2 Å². The van der Waals surface area contributed by atoms with Crippen molar-refractivity contribution in [2.24, 2.45) is 10.2 Å². The van der Waals surface area contributed by atoms with E-state index in [1.807, 2.05) is 0 Å². The number of nitrogens with zero attached hydrogens (tertiary/aromatic N) is 5. The molecule has 182 valence electrons. The third-order valence-electron chi connectivity index (χ3n) is 4.40. The fourth-order valence-corrected chi connectivity index (χ4v) is 2.64. The Labute approximate surface area is 200 Å². The van der Waals surface area contributed by atoms with Crippen LogP contribution in [0.1, 0.15) is 32.1 Å². The fraction of sp³-hybridized carbons (Fsp3) is 0. The fourth-order valence-electron chi connectivity index (χ4n) is 2.64. The zero-order valence-corrected chi connectivity index (χ0v) is 17.9. The summed E-state index contributed by atoms with van der Waals surface area (Å²) in [5, 5.41) is 48.4. The second-order valence-corrected chi connectivity index (χ2v) is 6.81. The van der Waals surface area contributed by atoms with Crippen LogP contribution >= 0.6 is 0 Å². The molecule has 0 spiro atoms. The molecule has 0 unspecified atom stereocenters. The minimum Gasteiger partial charge on any atom is -0.507 e. The lowest BCUT2D eigenvalue weighted by atomic mass is 10.2. The SMILES string of the molecule is O=C(NN=Cc1cc([N+](=O)[O-])ccc1O)c1cccc(C(=O)NN=Cc2cc([N+](=O)[O-])ccc2O)n1. The third-order valence-corrected chi connectivity index (χ3v) is 4.40. The van der Waals surface area contributed by atoms with E-state index in [4.69, 9.17) is 0 Å². The number of carbonyl (C=O) groups is 2. The Bertz CT molecular complexity index is 1320. The molecule has 0 fully saturated rings. The first-order valence-electron chi connectivity index (χ1n) is 9.74. The first kappa shape index (κ1) is 24.9. The van der Waals surface area contributed by atoms with Gasteiger partial charge in [-0.25, -0.2) is 15.8 Å². The van der Waals surface area contributed by atoms with Gasteiger partial charge < -0.3 is 10.2 Å². The minimum atomic E-state index is -0.823. The van der Waals surface area contributed by atoms with Crippen molar-refractivity contribution in [1.29, 1.82) is 0 Å². The molecule has 4 N–H and O–H groups in total. The highest BCUT2D eigenvalue weighted by atomic mass is 16.6. The van der Waals surface area contributed by atoms with Gasteiger partial charge >= 0.3 is 0 Å². The monoisotopic (exact) mass is 493 g/mol. The molecule has 0 aliphatic heterocycles. The number of phenolic OH excluding ortho intramolecular Hbond substituents is 2. The van der Waals surface area contributed by atoms with E-state index >= 15 is 0 Å². The Morgan fingerprint density at radius 2 is 1.19 bits per heavy atom. The maximum absolute atomic E-state index is 12.3. The van der Waals surface area contributed by atoms with Gasteiger partial charge in [-0.15, -0.1) is 0 Å². The number of amides is 2. The average molecular weight is 493 g/mol. The summed E-state index contributed by atoms with van der Waals surface area (Å²) in [6.45, 7) is 0. The van der Waals surface area contributed by atoms with Crippen molar-refractivity contribution < 1.29 is 29.6 Å². The lowest BCUT2D eigenvalue weighted by molar-refractivity contribution is -0.385. The summed E-state index contributed by atoms with van der Waals surface area (Å²) in [5.74, 6) is -2.24. The number of hydrazone groups is 2. The largest absolute Gasteiger partial charge is 0.507 e. The maximum Gasteiger partial charge on any atom is 0.289 e. The summed E-state index contributed by atoms with van der Waals surface area (Å²) in [5.41, 5.74) is 3.22. The molecule has 0 radical (unpaired) electrons. The summed E-state index contributed by atoms with van der Waals surface area (Å²) in [4.78, 5) is 48.8. The molecule has 15 heteroatoms. The number of aromatic nitrogens is 1. The van der Waals surface area contributed by atoms with Crippen LogP contribution in [0.15, 0.2) is 64.8 Å². The number of phenols is 2. The van der Waals surface area contributed by atoms with E-state index in [1.54, 1.807) is 0 Å². The number of nitrogens with one attached hydrogen (secondary N) is 2. The zero-order chi connectivity index (χ0) is 26.2. The van der Waals surface area contributed by atoms with Gasteiger partial charge in [0.2, 0.25) is 0 Å². The summed E-state index contributed by atoms with van der Waals surface area (Å²) in [6, 6.07) is 10.5. The maximum atomic E-state index is 12.3. The van der Waals surface area contributed by atoms with Crippen LogP contribution in [-0.2, 0) is 0 Å². The molecule has 0 saturated carbocycles. The molecule has 0 bridgehead atoms. The molecule has 0 aliphatic rings. The molecule has 0 aliphatic carbocycles. The van der Waals surface area contributed by atoms with Crippen molar-refractivity contribution in [3.63, 3.8) is 0 Å². The van der Waals surface area contributed by atoms with Crippen LogP contribution in [-0.4, -0.2) is 49.3 Å². The quantitative estimate of drug-likeness (QED) is 0.204. The smallest absolute Gasteiger partial charge is 0.289 e. The number of nitro benzene ring substituents is 2. The Morgan fingerprint density at radius 3 is 1.58 bits per heavy atom. The number of aromatic hydroxyl groups is 2. The van der Waals surface area contributed by atoms with E-state index in [-0.39, 0.29) is 45.4 Å². The summed E-state index contributed by atoms with van der Waals surface area (Å²) in [7, 11) is 0. The van der Waals surface area contributed by atoms with Crippen molar-refractivity contribution in [3.05, 3.63) is 97.3 Å². The normalized spacial score (nSPS) is 10.9. The van der Waals surface area contributed by atoms with Gasteiger partial charge in [-0.2, -0.15) is 10.2 Å². The van der Waals surface area contributed by atoms with Crippen molar-refractivity contribution in [1.82, 2.24) is 15.8 Å². The Balaban J connectivity index is 1.65. The number of carbonyl (C=O) groups excluding carboxylic acids is 2. The summed E-state index contributed by atoms with van der Waals surface area (Å²) < 4.78 is 0. The molecule has 1 aromatic heterocycles. The van der Waals surface area contributed by atoms with Crippen molar-refractivity contribution >= 4 is 35.6 Å². The van der Waals surface area contributed by atoms with Gasteiger partial charge in [-0.1, -0.05) is 6.07 Å². The molecule has 2 aromatic carbocycles. The third kappa shape index (κ3) is 6.19. The van der Waals surface area contributed by atoms with Crippen LogP contribution in [0.3, 0.4) is 0 Å². The molecule has 3 aromatic rings. The molecular weight excluding hydrogens is 478 g/mol. The molecule has 0 saturated heterocycles. The van der Waals surface area contributed by atoms with Crippen LogP contribution < -0.4 is 10.9 Å². The van der Waals surface area contributed by atoms with E-state index in [0.717, 1.165) is 48.8 Å². The topological polar surface area (TPSA) is 223 Å². The molecular formula is C21H15N7O8. The predicted octanol–water partition coefficient (Wildman–Crippen LogP) is 1.84. The molecule has 3 rings (SSSR count). The number of nitro groups is 2. The van der Waals surface area contributed by atoms with Gasteiger partial charge in [-0.05, 0) is 24.3 Å². The molecule has 1 heterocycles. The molecule has 15 nitrogen and oxygen atoms in total. The second-order valence-electron chi connectivity index (χ2n) is 6.81.